The van der Waals surface area contributed by atoms with Crippen LogP contribution in [0, 0.1) is 0 Å². The Balaban J connectivity index is 1.81. The number of rotatable bonds is 6. The van der Waals surface area contributed by atoms with Crippen molar-refractivity contribution in [1.29, 1.82) is 0 Å². The zero-order chi connectivity index (χ0) is 19.1. The van der Waals surface area contributed by atoms with E-state index < -0.39 is 5.97 Å². The molecule has 0 saturated heterocycles. The van der Waals surface area contributed by atoms with Gasteiger partial charge in [-0.25, -0.2) is 0 Å². The Morgan fingerprint density at radius 3 is 1.93 bits per heavy atom. The number of carbonyl (C=O) groups excluding carboxylic acids is 2. The highest BCUT2D eigenvalue weighted by Gasteiger charge is 2.19. The molecular weight excluding hydrogens is 338 g/mol. The van der Waals surface area contributed by atoms with Crippen LogP contribution in [0.25, 0.3) is 11.1 Å². The van der Waals surface area contributed by atoms with E-state index in [1.165, 1.54) is 12.0 Å². The van der Waals surface area contributed by atoms with Gasteiger partial charge in [0.1, 0.15) is 6.54 Å². The van der Waals surface area contributed by atoms with Crippen molar-refractivity contribution in [1.82, 2.24) is 4.90 Å². The molecule has 0 radical (unpaired) electrons. The second kappa shape index (κ2) is 8.81. The van der Waals surface area contributed by atoms with Crippen LogP contribution in [0.1, 0.15) is 15.9 Å². The van der Waals surface area contributed by atoms with E-state index in [0.717, 1.165) is 16.7 Å². The van der Waals surface area contributed by atoms with E-state index >= 15 is 0 Å². The minimum atomic E-state index is -0.444. The summed E-state index contributed by atoms with van der Waals surface area (Å²) < 4.78 is 4.75. The number of benzene rings is 3. The molecule has 0 aliphatic carbocycles. The lowest BCUT2D eigenvalue weighted by Gasteiger charge is -2.22. The Kier molecular flexibility index (Phi) is 6.00. The van der Waals surface area contributed by atoms with Gasteiger partial charge in [0, 0.05) is 12.1 Å². The zero-order valence-electron chi connectivity index (χ0n) is 15.2. The molecule has 0 bridgehead atoms. The highest BCUT2D eigenvalue weighted by atomic mass is 16.5. The molecule has 0 aliphatic rings. The summed E-state index contributed by atoms with van der Waals surface area (Å²) >= 11 is 0. The van der Waals surface area contributed by atoms with Crippen LogP contribution in [0.3, 0.4) is 0 Å². The predicted octanol–water partition coefficient (Wildman–Crippen LogP) is 4.17. The molecule has 4 heteroatoms. The maximum Gasteiger partial charge on any atom is 0.325 e. The van der Waals surface area contributed by atoms with Crippen molar-refractivity contribution in [2.45, 2.75) is 6.54 Å². The minimum absolute atomic E-state index is 0.0926. The number of methoxy groups -OCH3 is 1. The summed E-state index contributed by atoms with van der Waals surface area (Å²) in [5, 5.41) is 0. The molecule has 0 atom stereocenters. The summed E-state index contributed by atoms with van der Waals surface area (Å²) in [6.45, 7) is 0.250. The fourth-order valence-corrected chi connectivity index (χ4v) is 2.84. The largest absolute Gasteiger partial charge is 0.468 e. The topological polar surface area (TPSA) is 46.6 Å². The lowest BCUT2D eigenvalue weighted by atomic mass is 10.0. The third-order valence-corrected chi connectivity index (χ3v) is 4.29. The molecule has 27 heavy (non-hydrogen) atoms. The van der Waals surface area contributed by atoms with E-state index in [1.807, 2.05) is 72.8 Å². The van der Waals surface area contributed by atoms with Crippen molar-refractivity contribution in [2.75, 3.05) is 13.7 Å². The highest BCUT2D eigenvalue weighted by Crippen LogP contribution is 2.20. The quantitative estimate of drug-likeness (QED) is 0.621. The lowest BCUT2D eigenvalue weighted by Crippen LogP contribution is -2.35. The molecule has 0 heterocycles. The molecule has 0 aliphatic heterocycles. The molecule has 4 nitrogen and oxygen atoms in total. The maximum atomic E-state index is 13.0. The molecule has 0 spiro atoms. The normalized spacial score (nSPS) is 10.3. The summed E-state index contributed by atoms with van der Waals surface area (Å²) in [4.78, 5) is 26.2. The van der Waals surface area contributed by atoms with Gasteiger partial charge in [0.15, 0.2) is 0 Å². The van der Waals surface area contributed by atoms with Crippen molar-refractivity contribution in [3.05, 3.63) is 96.1 Å². The van der Waals surface area contributed by atoms with Gasteiger partial charge in [-0.05, 0) is 28.8 Å². The Morgan fingerprint density at radius 2 is 1.33 bits per heavy atom. The van der Waals surface area contributed by atoms with Crippen molar-refractivity contribution < 1.29 is 14.3 Å². The van der Waals surface area contributed by atoms with Gasteiger partial charge in [-0.1, -0.05) is 72.8 Å². The first-order valence-electron chi connectivity index (χ1n) is 8.73. The molecule has 136 valence electrons. The van der Waals surface area contributed by atoms with Gasteiger partial charge >= 0.3 is 5.97 Å². The van der Waals surface area contributed by atoms with Crippen LogP contribution in [-0.2, 0) is 16.1 Å². The predicted molar refractivity (Wildman–Crippen MR) is 105 cm³/mol. The van der Waals surface area contributed by atoms with Crippen LogP contribution in [0.5, 0.6) is 0 Å². The average molecular weight is 359 g/mol. The molecule has 0 N–H and O–H groups in total. The van der Waals surface area contributed by atoms with E-state index in [2.05, 4.69) is 0 Å². The number of esters is 1. The standard InChI is InChI=1S/C23H21NO3/c1-27-22(25)17-24(16-18-8-4-2-5-9-18)23(26)21-14-12-20(13-15-21)19-10-6-3-7-11-19/h2-15H,16-17H2,1H3. The molecular formula is C23H21NO3. The molecule has 1 amide bonds. The minimum Gasteiger partial charge on any atom is -0.468 e. The van der Waals surface area contributed by atoms with Crippen LogP contribution in [0.2, 0.25) is 0 Å². The molecule has 3 rings (SSSR count). The Morgan fingerprint density at radius 1 is 0.778 bits per heavy atom. The first-order chi connectivity index (χ1) is 13.2. The van der Waals surface area contributed by atoms with E-state index in [0.29, 0.717) is 12.1 Å². The first-order valence-corrected chi connectivity index (χ1v) is 8.73. The average Bonchev–Trinajstić information content (AvgIpc) is 2.74. The number of nitrogens with zero attached hydrogens (tertiary/aromatic N) is 1. The van der Waals surface area contributed by atoms with Crippen LogP contribution in [0.15, 0.2) is 84.9 Å². The number of hydrogen-bond acceptors (Lipinski definition) is 3. The van der Waals surface area contributed by atoms with Gasteiger partial charge in [0.2, 0.25) is 0 Å². The number of ether oxygens (including phenoxy) is 1. The third kappa shape index (κ3) is 4.82. The lowest BCUT2D eigenvalue weighted by molar-refractivity contribution is -0.141. The number of hydrogen-bond donors (Lipinski definition) is 0. The van der Waals surface area contributed by atoms with E-state index in [4.69, 9.17) is 4.74 Å². The Hall–Kier alpha value is -3.40. The van der Waals surface area contributed by atoms with Gasteiger partial charge in [-0.15, -0.1) is 0 Å². The van der Waals surface area contributed by atoms with E-state index in [1.54, 1.807) is 12.1 Å². The molecule has 3 aromatic carbocycles. The number of carbonyl (C=O) groups is 2. The first kappa shape index (κ1) is 18.4. The van der Waals surface area contributed by atoms with Crippen molar-refractivity contribution in [3.63, 3.8) is 0 Å². The molecule has 0 unspecified atom stereocenters. The molecule has 3 aromatic rings. The maximum absolute atomic E-state index is 13.0. The molecule has 0 aromatic heterocycles. The third-order valence-electron chi connectivity index (χ3n) is 4.29. The summed E-state index contributed by atoms with van der Waals surface area (Å²) in [6, 6.07) is 27.0. The number of amides is 1. The smallest absolute Gasteiger partial charge is 0.325 e. The van der Waals surface area contributed by atoms with Gasteiger partial charge in [0.25, 0.3) is 5.91 Å². The van der Waals surface area contributed by atoms with Gasteiger partial charge in [-0.2, -0.15) is 0 Å². The summed E-state index contributed by atoms with van der Waals surface area (Å²) in [7, 11) is 1.32. The fourth-order valence-electron chi connectivity index (χ4n) is 2.84. The van der Waals surface area contributed by atoms with Crippen LogP contribution in [0.4, 0.5) is 0 Å². The van der Waals surface area contributed by atoms with Crippen molar-refractivity contribution >= 4 is 11.9 Å². The summed E-state index contributed by atoms with van der Waals surface area (Å²) in [5.41, 5.74) is 3.62. The monoisotopic (exact) mass is 359 g/mol. The summed E-state index contributed by atoms with van der Waals surface area (Å²) in [6.07, 6.45) is 0. The fraction of sp³-hybridized carbons (Fsp3) is 0.130. The Bertz CT molecular complexity index is 890. The van der Waals surface area contributed by atoms with Crippen LogP contribution >= 0.6 is 0 Å². The van der Waals surface area contributed by atoms with Gasteiger partial charge < -0.3 is 9.64 Å². The van der Waals surface area contributed by atoms with Crippen LogP contribution in [-0.4, -0.2) is 30.4 Å². The molecule has 0 fully saturated rings. The van der Waals surface area contributed by atoms with E-state index in [9.17, 15) is 9.59 Å². The highest BCUT2D eigenvalue weighted by molar-refractivity contribution is 5.96. The zero-order valence-corrected chi connectivity index (χ0v) is 15.2. The van der Waals surface area contributed by atoms with Crippen molar-refractivity contribution in [3.8, 4) is 11.1 Å². The second-order valence-electron chi connectivity index (χ2n) is 6.17. The SMILES string of the molecule is COC(=O)CN(Cc1ccccc1)C(=O)c1ccc(-c2ccccc2)cc1. The second-order valence-corrected chi connectivity index (χ2v) is 6.17. The van der Waals surface area contributed by atoms with Gasteiger partial charge in [0.05, 0.1) is 7.11 Å². The molecule has 0 saturated carbocycles. The van der Waals surface area contributed by atoms with Gasteiger partial charge in [-0.3, -0.25) is 9.59 Å². The van der Waals surface area contributed by atoms with Crippen LogP contribution < -0.4 is 0 Å². The van der Waals surface area contributed by atoms with Crippen molar-refractivity contribution in [2.24, 2.45) is 0 Å². The summed E-state index contributed by atoms with van der Waals surface area (Å²) in [5.74, 6) is -0.649. The van der Waals surface area contributed by atoms with E-state index in [-0.39, 0.29) is 12.5 Å². The Labute approximate surface area is 159 Å².